The summed E-state index contributed by atoms with van der Waals surface area (Å²) in [6.07, 6.45) is 0. The SMILES string of the molecule is COC(=O)CS(=O)(=O)Nc1ccc(N)c(Cl)c1. The zero-order chi connectivity index (χ0) is 13.1. The molecule has 0 spiro atoms. The van der Waals surface area contributed by atoms with E-state index in [2.05, 4.69) is 9.46 Å². The van der Waals surface area contributed by atoms with Crippen molar-refractivity contribution in [3.8, 4) is 0 Å². The summed E-state index contributed by atoms with van der Waals surface area (Å²) in [5.41, 5.74) is 6.04. The third kappa shape index (κ3) is 4.12. The summed E-state index contributed by atoms with van der Waals surface area (Å²) in [5.74, 6) is -1.61. The van der Waals surface area contributed by atoms with Crippen LogP contribution in [0.3, 0.4) is 0 Å². The lowest BCUT2D eigenvalue weighted by molar-refractivity contribution is -0.137. The number of benzene rings is 1. The minimum absolute atomic E-state index is 0.225. The summed E-state index contributed by atoms with van der Waals surface area (Å²) >= 11 is 5.72. The monoisotopic (exact) mass is 278 g/mol. The maximum atomic E-state index is 11.5. The van der Waals surface area contributed by atoms with Gasteiger partial charge in [0.05, 0.1) is 23.5 Å². The van der Waals surface area contributed by atoms with Gasteiger partial charge in [-0.2, -0.15) is 0 Å². The fourth-order valence-corrected chi connectivity index (χ4v) is 2.19. The summed E-state index contributed by atoms with van der Waals surface area (Å²) in [4.78, 5) is 10.9. The average molecular weight is 279 g/mol. The lowest BCUT2D eigenvalue weighted by Crippen LogP contribution is -2.23. The molecule has 0 bridgehead atoms. The van der Waals surface area contributed by atoms with Crippen molar-refractivity contribution in [3.05, 3.63) is 23.2 Å². The fraction of sp³-hybridized carbons (Fsp3) is 0.222. The summed E-state index contributed by atoms with van der Waals surface area (Å²) < 4.78 is 29.4. The van der Waals surface area contributed by atoms with E-state index in [4.69, 9.17) is 17.3 Å². The Balaban J connectivity index is 2.83. The molecule has 0 saturated heterocycles. The topological polar surface area (TPSA) is 98.5 Å². The second kappa shape index (κ2) is 5.24. The first-order valence-corrected chi connectivity index (χ1v) is 6.49. The number of hydrogen-bond acceptors (Lipinski definition) is 5. The summed E-state index contributed by atoms with van der Waals surface area (Å²) in [5, 5.41) is 0.225. The number of methoxy groups -OCH3 is 1. The Morgan fingerprint density at radius 1 is 1.53 bits per heavy atom. The minimum Gasteiger partial charge on any atom is -0.468 e. The van der Waals surface area contributed by atoms with Crippen LogP contribution in [0, 0.1) is 0 Å². The Labute approximate surface area is 104 Å². The van der Waals surface area contributed by atoms with Gasteiger partial charge >= 0.3 is 5.97 Å². The van der Waals surface area contributed by atoms with E-state index in [9.17, 15) is 13.2 Å². The molecular formula is C9H11ClN2O4S. The molecule has 0 unspecified atom stereocenters. The van der Waals surface area contributed by atoms with Crippen molar-refractivity contribution in [2.24, 2.45) is 0 Å². The first-order valence-electron chi connectivity index (χ1n) is 4.46. The normalized spacial score (nSPS) is 10.9. The van der Waals surface area contributed by atoms with E-state index >= 15 is 0 Å². The van der Waals surface area contributed by atoms with Crippen LogP contribution in [0.2, 0.25) is 5.02 Å². The highest BCUT2D eigenvalue weighted by atomic mass is 35.5. The van der Waals surface area contributed by atoms with Crippen molar-refractivity contribution in [1.82, 2.24) is 0 Å². The average Bonchev–Trinajstić information content (AvgIpc) is 2.22. The van der Waals surface area contributed by atoms with Gasteiger partial charge in [0.2, 0.25) is 10.0 Å². The number of nitrogens with one attached hydrogen (secondary N) is 1. The van der Waals surface area contributed by atoms with Crippen LogP contribution in [0.5, 0.6) is 0 Å². The van der Waals surface area contributed by atoms with E-state index in [0.29, 0.717) is 5.69 Å². The lowest BCUT2D eigenvalue weighted by atomic mass is 10.3. The Kier molecular flexibility index (Phi) is 4.19. The van der Waals surface area contributed by atoms with Crippen LogP contribution in [0.1, 0.15) is 0 Å². The standard InChI is InChI=1S/C9H11ClN2O4S/c1-16-9(13)5-17(14,15)12-6-2-3-8(11)7(10)4-6/h2-4,12H,5,11H2,1H3. The number of halogens is 1. The Hall–Kier alpha value is -1.47. The van der Waals surface area contributed by atoms with Crippen LogP contribution in [-0.4, -0.2) is 27.2 Å². The number of nitrogen functional groups attached to an aromatic ring is 1. The van der Waals surface area contributed by atoms with Crippen LogP contribution < -0.4 is 10.5 Å². The predicted octanol–water partition coefficient (Wildman–Crippen LogP) is 0.837. The molecule has 0 aliphatic carbocycles. The van der Waals surface area contributed by atoms with Gasteiger partial charge in [0.1, 0.15) is 0 Å². The van der Waals surface area contributed by atoms with Gasteiger partial charge in [0.25, 0.3) is 0 Å². The third-order valence-corrected chi connectivity index (χ3v) is 3.30. The second-order valence-corrected chi connectivity index (χ2v) is 5.30. The first-order chi connectivity index (χ1) is 7.84. The molecule has 6 nitrogen and oxygen atoms in total. The van der Waals surface area contributed by atoms with Crippen molar-refractivity contribution < 1.29 is 17.9 Å². The molecule has 0 atom stereocenters. The maximum Gasteiger partial charge on any atom is 0.322 e. The molecule has 3 N–H and O–H groups in total. The molecule has 1 aromatic carbocycles. The Morgan fingerprint density at radius 2 is 2.18 bits per heavy atom. The highest BCUT2D eigenvalue weighted by molar-refractivity contribution is 7.93. The van der Waals surface area contributed by atoms with E-state index in [1.807, 2.05) is 0 Å². The zero-order valence-electron chi connectivity index (χ0n) is 8.94. The molecule has 0 amide bonds. The van der Waals surface area contributed by atoms with E-state index in [1.54, 1.807) is 0 Å². The molecule has 1 aromatic rings. The summed E-state index contributed by atoms with van der Waals surface area (Å²) in [7, 11) is -2.69. The minimum atomic E-state index is -3.80. The molecule has 0 aliphatic rings. The van der Waals surface area contributed by atoms with Gasteiger partial charge in [-0.25, -0.2) is 8.42 Å². The maximum absolute atomic E-state index is 11.5. The lowest BCUT2D eigenvalue weighted by Gasteiger charge is -2.08. The molecule has 0 aromatic heterocycles. The summed E-state index contributed by atoms with van der Waals surface area (Å²) in [6, 6.07) is 4.25. The molecular weight excluding hydrogens is 268 g/mol. The van der Waals surface area contributed by atoms with Gasteiger partial charge in [-0.05, 0) is 18.2 Å². The Morgan fingerprint density at radius 3 is 2.71 bits per heavy atom. The van der Waals surface area contributed by atoms with Gasteiger partial charge in [0.15, 0.2) is 5.75 Å². The largest absolute Gasteiger partial charge is 0.468 e. The van der Waals surface area contributed by atoms with Gasteiger partial charge < -0.3 is 10.5 Å². The number of sulfonamides is 1. The van der Waals surface area contributed by atoms with Gasteiger partial charge in [-0.3, -0.25) is 9.52 Å². The van der Waals surface area contributed by atoms with Gasteiger partial charge in [-0.1, -0.05) is 11.6 Å². The van der Waals surface area contributed by atoms with Gasteiger partial charge in [-0.15, -0.1) is 0 Å². The van der Waals surface area contributed by atoms with E-state index in [0.717, 1.165) is 7.11 Å². The van der Waals surface area contributed by atoms with Crippen LogP contribution in [-0.2, 0) is 19.6 Å². The molecule has 0 radical (unpaired) electrons. The molecule has 1 rings (SSSR count). The Bertz CT molecular complexity index is 530. The van der Waals surface area contributed by atoms with Crippen molar-refractivity contribution in [1.29, 1.82) is 0 Å². The first kappa shape index (κ1) is 13.6. The quantitative estimate of drug-likeness (QED) is 0.628. The second-order valence-electron chi connectivity index (χ2n) is 3.17. The van der Waals surface area contributed by atoms with E-state index < -0.39 is 21.7 Å². The summed E-state index contributed by atoms with van der Waals surface area (Å²) in [6.45, 7) is 0. The highest BCUT2D eigenvalue weighted by Gasteiger charge is 2.17. The van der Waals surface area contributed by atoms with E-state index in [-0.39, 0.29) is 10.7 Å². The van der Waals surface area contributed by atoms with Crippen molar-refractivity contribution in [3.63, 3.8) is 0 Å². The smallest absolute Gasteiger partial charge is 0.322 e. The number of esters is 1. The van der Waals surface area contributed by atoms with Crippen molar-refractivity contribution >= 4 is 39.0 Å². The van der Waals surface area contributed by atoms with Crippen LogP contribution in [0.15, 0.2) is 18.2 Å². The van der Waals surface area contributed by atoms with Crippen molar-refractivity contribution in [2.45, 2.75) is 0 Å². The fourth-order valence-electron chi connectivity index (χ4n) is 1.02. The van der Waals surface area contributed by atoms with Crippen molar-refractivity contribution in [2.75, 3.05) is 23.3 Å². The molecule has 0 fully saturated rings. The molecule has 94 valence electrons. The predicted molar refractivity (Wildman–Crippen MR) is 65.3 cm³/mol. The van der Waals surface area contributed by atoms with E-state index in [1.165, 1.54) is 18.2 Å². The molecule has 0 heterocycles. The molecule has 8 heteroatoms. The van der Waals surface area contributed by atoms with Gasteiger partial charge in [0, 0.05) is 0 Å². The number of ether oxygens (including phenoxy) is 1. The number of anilines is 2. The van der Waals surface area contributed by atoms with Crippen LogP contribution >= 0.6 is 11.6 Å². The molecule has 17 heavy (non-hydrogen) atoms. The van der Waals surface area contributed by atoms with Crippen LogP contribution in [0.25, 0.3) is 0 Å². The number of carbonyl (C=O) groups excluding carboxylic acids is 1. The highest BCUT2D eigenvalue weighted by Crippen LogP contribution is 2.23. The zero-order valence-corrected chi connectivity index (χ0v) is 10.5. The molecule has 0 saturated carbocycles. The van der Waals surface area contributed by atoms with Crippen LogP contribution in [0.4, 0.5) is 11.4 Å². The molecule has 0 aliphatic heterocycles. The number of hydrogen-bond donors (Lipinski definition) is 2. The number of nitrogens with two attached hydrogens (primary N) is 1. The third-order valence-electron chi connectivity index (χ3n) is 1.81. The number of carbonyl (C=O) groups is 1. The number of rotatable bonds is 4.